The fourth-order valence-corrected chi connectivity index (χ4v) is 1.42. The maximum atomic E-state index is 3.79. The molecule has 1 heterocycles. The Balaban J connectivity index is 2.01. The molecule has 1 saturated heterocycles. The van der Waals surface area contributed by atoms with Crippen LogP contribution >= 0.6 is 0 Å². The quantitative estimate of drug-likeness (QED) is 0.558. The molecule has 0 unspecified atom stereocenters. The first kappa shape index (κ1) is 8.79. The summed E-state index contributed by atoms with van der Waals surface area (Å²) in [5.41, 5.74) is 0. The maximum absolute atomic E-state index is 3.79. The number of hydrogen-bond acceptors (Lipinski definition) is 1. The lowest BCUT2D eigenvalue weighted by Crippen LogP contribution is -2.18. The van der Waals surface area contributed by atoms with Gasteiger partial charge in [0, 0.05) is 6.54 Å². The van der Waals surface area contributed by atoms with E-state index < -0.39 is 0 Å². The average Bonchev–Trinajstić information content (AvgIpc) is 2.50. The molecule has 0 N–H and O–H groups in total. The van der Waals surface area contributed by atoms with Crippen LogP contribution in [0.2, 0.25) is 0 Å². The molecule has 0 aromatic carbocycles. The average molecular weight is 152 g/mol. The van der Waals surface area contributed by atoms with E-state index in [1.165, 1.54) is 25.9 Å². The van der Waals surface area contributed by atoms with Crippen LogP contribution < -0.4 is 0 Å². The predicted molar refractivity (Wildman–Crippen MR) is 49.4 cm³/mol. The van der Waals surface area contributed by atoms with Gasteiger partial charge in [-0.1, -0.05) is 19.1 Å². The molecule has 1 heteroatoms. The lowest BCUT2D eigenvalue weighted by atomic mass is 10.3. The summed E-state index contributed by atoms with van der Waals surface area (Å²) in [6.45, 7) is 7.54. The van der Waals surface area contributed by atoms with Crippen LogP contribution in [-0.4, -0.2) is 24.5 Å². The Hall–Kier alpha value is -0.300. The molecule has 11 heavy (non-hydrogen) atoms. The molecule has 0 atom stereocenters. The molecule has 63 valence electrons. The Morgan fingerprint density at radius 3 is 2.55 bits per heavy atom. The topological polar surface area (TPSA) is 3.24 Å². The van der Waals surface area contributed by atoms with Gasteiger partial charge in [-0.05, 0) is 38.8 Å². The number of hydrogen-bond donors (Lipinski definition) is 0. The molecule has 1 aliphatic heterocycles. The molecule has 0 aromatic rings. The van der Waals surface area contributed by atoms with Gasteiger partial charge in [0.1, 0.15) is 0 Å². The molecule has 0 bridgehead atoms. The van der Waals surface area contributed by atoms with Gasteiger partial charge < -0.3 is 0 Å². The van der Waals surface area contributed by atoms with Gasteiger partial charge in [0.25, 0.3) is 0 Å². The Morgan fingerprint density at radius 2 is 1.91 bits per heavy atom. The molecular weight excluding hydrogens is 134 g/mol. The molecule has 1 rings (SSSR count). The standard InChI is InChI=1S/C10H18N/c1-2-3-4-5-8-11-9-6-7-10-11/h4-5H,1-3,6-10H2. The Morgan fingerprint density at radius 1 is 1.18 bits per heavy atom. The molecule has 1 aliphatic rings. The normalized spacial score (nSPS) is 20.1. The van der Waals surface area contributed by atoms with Crippen molar-refractivity contribution in [1.29, 1.82) is 0 Å². The van der Waals surface area contributed by atoms with Gasteiger partial charge in [0.2, 0.25) is 0 Å². The van der Waals surface area contributed by atoms with Crippen LogP contribution in [0.25, 0.3) is 0 Å². The van der Waals surface area contributed by atoms with Crippen molar-refractivity contribution in [3.63, 3.8) is 0 Å². The summed E-state index contributed by atoms with van der Waals surface area (Å²) in [5, 5.41) is 0. The van der Waals surface area contributed by atoms with Crippen molar-refractivity contribution < 1.29 is 0 Å². The Labute approximate surface area is 70.1 Å². The van der Waals surface area contributed by atoms with Crippen LogP contribution in [0.15, 0.2) is 12.2 Å². The highest BCUT2D eigenvalue weighted by molar-refractivity contribution is 4.86. The van der Waals surface area contributed by atoms with Gasteiger partial charge in [-0.3, -0.25) is 4.90 Å². The lowest BCUT2D eigenvalue weighted by Gasteiger charge is -2.10. The number of likely N-dealkylation sites (tertiary alicyclic amines) is 1. The van der Waals surface area contributed by atoms with E-state index in [1.54, 1.807) is 0 Å². The largest absolute Gasteiger partial charge is 0.300 e. The highest BCUT2D eigenvalue weighted by atomic mass is 15.1. The third kappa shape index (κ3) is 3.57. The van der Waals surface area contributed by atoms with E-state index in [9.17, 15) is 0 Å². The summed E-state index contributed by atoms with van der Waals surface area (Å²) >= 11 is 0. The Bertz CT molecular complexity index is 112. The monoisotopic (exact) mass is 152 g/mol. The second-order valence-electron chi connectivity index (χ2n) is 3.12. The molecule has 1 radical (unpaired) electrons. The fourth-order valence-electron chi connectivity index (χ4n) is 1.42. The first-order valence-corrected chi connectivity index (χ1v) is 4.60. The van der Waals surface area contributed by atoms with Crippen LogP contribution in [0.5, 0.6) is 0 Å². The molecule has 0 amide bonds. The van der Waals surface area contributed by atoms with Gasteiger partial charge in [-0.25, -0.2) is 0 Å². The number of unbranched alkanes of at least 4 members (excludes halogenated alkanes) is 1. The van der Waals surface area contributed by atoms with Crippen molar-refractivity contribution in [2.24, 2.45) is 0 Å². The third-order valence-electron chi connectivity index (χ3n) is 2.10. The van der Waals surface area contributed by atoms with Crippen LogP contribution in [0.3, 0.4) is 0 Å². The van der Waals surface area contributed by atoms with Crippen LogP contribution in [0, 0.1) is 6.92 Å². The zero-order valence-electron chi connectivity index (χ0n) is 7.26. The van der Waals surface area contributed by atoms with E-state index in [0.29, 0.717) is 0 Å². The van der Waals surface area contributed by atoms with E-state index in [-0.39, 0.29) is 0 Å². The smallest absolute Gasteiger partial charge is 0.0163 e. The molecule has 1 nitrogen and oxygen atoms in total. The molecule has 0 aromatic heterocycles. The van der Waals surface area contributed by atoms with Crippen molar-refractivity contribution in [3.05, 3.63) is 19.1 Å². The minimum absolute atomic E-state index is 1.02. The van der Waals surface area contributed by atoms with E-state index in [2.05, 4.69) is 24.0 Å². The van der Waals surface area contributed by atoms with Gasteiger partial charge in [-0.15, -0.1) is 0 Å². The van der Waals surface area contributed by atoms with Gasteiger partial charge in [0.15, 0.2) is 0 Å². The number of nitrogens with zero attached hydrogens (tertiary/aromatic N) is 1. The van der Waals surface area contributed by atoms with Gasteiger partial charge >= 0.3 is 0 Å². The van der Waals surface area contributed by atoms with Gasteiger partial charge in [0.05, 0.1) is 0 Å². The van der Waals surface area contributed by atoms with Crippen molar-refractivity contribution in [2.45, 2.75) is 25.7 Å². The number of rotatable bonds is 4. The summed E-state index contributed by atoms with van der Waals surface area (Å²) in [7, 11) is 0. The second kappa shape index (κ2) is 5.36. The summed E-state index contributed by atoms with van der Waals surface area (Å²) < 4.78 is 0. The summed E-state index contributed by atoms with van der Waals surface area (Å²) in [5.74, 6) is 0. The molecule has 1 fully saturated rings. The SMILES string of the molecule is [CH2]CCC=CCN1CCCC1. The Kier molecular flexibility index (Phi) is 4.29. The molecule has 0 saturated carbocycles. The predicted octanol–water partition coefficient (Wildman–Crippen LogP) is 2.25. The van der Waals surface area contributed by atoms with Crippen molar-refractivity contribution in [1.82, 2.24) is 4.90 Å². The first-order valence-electron chi connectivity index (χ1n) is 4.60. The van der Waals surface area contributed by atoms with E-state index >= 15 is 0 Å². The first-order chi connectivity index (χ1) is 5.43. The van der Waals surface area contributed by atoms with Gasteiger partial charge in [-0.2, -0.15) is 0 Å². The van der Waals surface area contributed by atoms with E-state index in [1.807, 2.05) is 0 Å². The van der Waals surface area contributed by atoms with Crippen LogP contribution in [0.4, 0.5) is 0 Å². The fraction of sp³-hybridized carbons (Fsp3) is 0.700. The zero-order valence-corrected chi connectivity index (χ0v) is 7.26. The van der Waals surface area contributed by atoms with E-state index in [4.69, 9.17) is 0 Å². The highest BCUT2D eigenvalue weighted by Gasteiger charge is 2.08. The highest BCUT2D eigenvalue weighted by Crippen LogP contribution is 2.06. The molecular formula is C10H18N. The summed E-state index contributed by atoms with van der Waals surface area (Å²) in [4.78, 5) is 2.50. The number of allylic oxidation sites excluding steroid dienone is 1. The second-order valence-corrected chi connectivity index (χ2v) is 3.12. The molecule has 0 aliphatic carbocycles. The van der Waals surface area contributed by atoms with Crippen molar-refractivity contribution >= 4 is 0 Å². The minimum atomic E-state index is 1.02. The van der Waals surface area contributed by atoms with E-state index in [0.717, 1.165) is 19.4 Å². The maximum Gasteiger partial charge on any atom is 0.0163 e. The summed E-state index contributed by atoms with van der Waals surface area (Å²) in [6, 6.07) is 0. The van der Waals surface area contributed by atoms with Crippen LogP contribution in [0.1, 0.15) is 25.7 Å². The summed E-state index contributed by atoms with van der Waals surface area (Å²) in [6.07, 6.45) is 9.46. The lowest BCUT2D eigenvalue weighted by molar-refractivity contribution is 0.377. The zero-order chi connectivity index (χ0) is 7.94. The van der Waals surface area contributed by atoms with Crippen molar-refractivity contribution in [3.8, 4) is 0 Å². The molecule has 0 spiro atoms. The van der Waals surface area contributed by atoms with Crippen molar-refractivity contribution in [2.75, 3.05) is 19.6 Å². The third-order valence-corrected chi connectivity index (χ3v) is 2.10. The van der Waals surface area contributed by atoms with Crippen LogP contribution in [-0.2, 0) is 0 Å². The minimum Gasteiger partial charge on any atom is -0.300 e.